The second-order valence-electron chi connectivity index (χ2n) is 4.36. The zero-order valence-electron chi connectivity index (χ0n) is 10.0. The van der Waals surface area contributed by atoms with E-state index in [1.54, 1.807) is 0 Å². The fraction of sp³-hybridized carbons (Fsp3) is 0.750. The molecule has 2 atom stereocenters. The number of nitrogens with zero attached hydrogens (tertiary/aromatic N) is 1. The molecular weight excluding hydrogens is 236 g/mol. The van der Waals surface area contributed by atoms with Gasteiger partial charge in [-0.15, -0.1) is 11.3 Å². The van der Waals surface area contributed by atoms with Crippen LogP contribution < -0.4 is 5.32 Å². The summed E-state index contributed by atoms with van der Waals surface area (Å²) in [5, 5.41) is 5.40. The van der Waals surface area contributed by atoms with Gasteiger partial charge in [-0.2, -0.15) is 11.8 Å². The van der Waals surface area contributed by atoms with E-state index in [1.807, 2.05) is 24.6 Å². The van der Waals surface area contributed by atoms with E-state index >= 15 is 0 Å². The second-order valence-corrected chi connectivity index (χ2v) is 6.91. The standard InChI is InChI=1S/C12H20N2S2/c1-9(13-2)11-8-14-12(16-11)7-10-5-3-4-6-15-10/h8-10,13H,3-7H2,1-2H3. The van der Waals surface area contributed by atoms with Gasteiger partial charge in [-0.25, -0.2) is 4.98 Å². The van der Waals surface area contributed by atoms with Crippen LogP contribution in [0.2, 0.25) is 0 Å². The largest absolute Gasteiger partial charge is 0.312 e. The summed E-state index contributed by atoms with van der Waals surface area (Å²) in [6.07, 6.45) is 7.39. The molecule has 0 aliphatic carbocycles. The summed E-state index contributed by atoms with van der Waals surface area (Å²) < 4.78 is 0. The summed E-state index contributed by atoms with van der Waals surface area (Å²) >= 11 is 4.00. The Kier molecular flexibility index (Phi) is 4.67. The van der Waals surface area contributed by atoms with Gasteiger partial charge in [0.15, 0.2) is 0 Å². The smallest absolute Gasteiger partial charge is 0.0939 e. The van der Waals surface area contributed by atoms with Crippen molar-refractivity contribution in [3.8, 4) is 0 Å². The molecule has 2 unspecified atom stereocenters. The fourth-order valence-electron chi connectivity index (χ4n) is 1.92. The van der Waals surface area contributed by atoms with Crippen LogP contribution in [-0.4, -0.2) is 23.0 Å². The first-order chi connectivity index (χ1) is 7.79. The zero-order chi connectivity index (χ0) is 11.4. The molecule has 2 rings (SSSR count). The topological polar surface area (TPSA) is 24.9 Å². The number of hydrogen-bond donors (Lipinski definition) is 1. The Morgan fingerprint density at radius 1 is 1.56 bits per heavy atom. The molecule has 2 nitrogen and oxygen atoms in total. The van der Waals surface area contributed by atoms with Gasteiger partial charge in [0.2, 0.25) is 0 Å². The van der Waals surface area contributed by atoms with Crippen LogP contribution in [-0.2, 0) is 6.42 Å². The Bertz CT molecular complexity index is 319. The maximum atomic E-state index is 4.54. The van der Waals surface area contributed by atoms with E-state index in [9.17, 15) is 0 Å². The predicted octanol–water partition coefficient (Wildman–Crippen LogP) is 3.25. The van der Waals surface area contributed by atoms with Gasteiger partial charge < -0.3 is 5.32 Å². The molecule has 1 aliphatic heterocycles. The number of aromatic nitrogens is 1. The molecule has 90 valence electrons. The average Bonchev–Trinajstić information content (AvgIpc) is 2.78. The zero-order valence-corrected chi connectivity index (χ0v) is 11.7. The molecule has 1 N–H and O–H groups in total. The molecule has 0 amide bonds. The van der Waals surface area contributed by atoms with Crippen molar-refractivity contribution in [3.63, 3.8) is 0 Å². The molecule has 0 aromatic carbocycles. The van der Waals surface area contributed by atoms with Gasteiger partial charge in [-0.1, -0.05) is 6.42 Å². The van der Waals surface area contributed by atoms with Crippen LogP contribution in [0.5, 0.6) is 0 Å². The summed E-state index contributed by atoms with van der Waals surface area (Å²) in [6, 6.07) is 0.435. The maximum absolute atomic E-state index is 4.54. The summed E-state index contributed by atoms with van der Waals surface area (Å²) in [7, 11) is 2.00. The summed E-state index contributed by atoms with van der Waals surface area (Å²) in [6.45, 7) is 2.19. The highest BCUT2D eigenvalue weighted by atomic mass is 32.2. The van der Waals surface area contributed by atoms with Crippen LogP contribution in [0.3, 0.4) is 0 Å². The number of thiazole rings is 1. The van der Waals surface area contributed by atoms with E-state index in [1.165, 1.54) is 41.3 Å². The molecule has 4 heteroatoms. The van der Waals surface area contributed by atoms with Crippen molar-refractivity contribution in [1.29, 1.82) is 0 Å². The van der Waals surface area contributed by atoms with Crippen LogP contribution in [0, 0.1) is 0 Å². The lowest BCUT2D eigenvalue weighted by atomic mass is 10.1. The minimum absolute atomic E-state index is 0.435. The van der Waals surface area contributed by atoms with Gasteiger partial charge in [0.05, 0.1) is 5.01 Å². The number of rotatable bonds is 4. The Balaban J connectivity index is 1.91. The Morgan fingerprint density at radius 2 is 2.44 bits per heavy atom. The van der Waals surface area contributed by atoms with Gasteiger partial charge in [0.25, 0.3) is 0 Å². The van der Waals surface area contributed by atoms with Crippen LogP contribution in [0.25, 0.3) is 0 Å². The first-order valence-electron chi connectivity index (χ1n) is 6.03. The Labute approximate surface area is 106 Å². The molecule has 1 fully saturated rings. The lowest BCUT2D eigenvalue weighted by Crippen LogP contribution is -2.12. The molecule has 1 aromatic rings. The summed E-state index contributed by atoms with van der Waals surface area (Å²) in [5.74, 6) is 1.34. The third-order valence-corrected chi connectivity index (χ3v) is 5.71. The third-order valence-electron chi connectivity index (χ3n) is 3.11. The molecule has 0 radical (unpaired) electrons. The highest BCUT2D eigenvalue weighted by Crippen LogP contribution is 2.30. The lowest BCUT2D eigenvalue weighted by molar-refractivity contribution is 0.659. The van der Waals surface area contributed by atoms with Gasteiger partial charge >= 0.3 is 0 Å². The van der Waals surface area contributed by atoms with Crippen molar-refractivity contribution in [2.75, 3.05) is 12.8 Å². The number of nitrogens with one attached hydrogen (secondary N) is 1. The van der Waals surface area contributed by atoms with Gasteiger partial charge in [0.1, 0.15) is 0 Å². The van der Waals surface area contributed by atoms with Gasteiger partial charge in [-0.05, 0) is 32.6 Å². The van der Waals surface area contributed by atoms with E-state index in [0.717, 1.165) is 5.25 Å². The molecule has 0 spiro atoms. The molecule has 16 heavy (non-hydrogen) atoms. The monoisotopic (exact) mass is 256 g/mol. The minimum Gasteiger partial charge on any atom is -0.312 e. The Hall–Kier alpha value is -0.0600. The van der Waals surface area contributed by atoms with E-state index in [0.29, 0.717) is 6.04 Å². The second kappa shape index (κ2) is 6.03. The molecule has 2 heterocycles. The van der Waals surface area contributed by atoms with E-state index in [-0.39, 0.29) is 0 Å². The number of hydrogen-bond acceptors (Lipinski definition) is 4. The van der Waals surface area contributed by atoms with Crippen molar-refractivity contribution in [2.45, 2.75) is 43.9 Å². The molecule has 0 saturated carbocycles. The van der Waals surface area contributed by atoms with Crippen molar-refractivity contribution >= 4 is 23.1 Å². The van der Waals surface area contributed by atoms with Gasteiger partial charge in [-0.3, -0.25) is 0 Å². The fourth-order valence-corrected chi connectivity index (χ4v) is 4.41. The van der Waals surface area contributed by atoms with Crippen LogP contribution in [0.15, 0.2) is 6.20 Å². The maximum Gasteiger partial charge on any atom is 0.0939 e. The van der Waals surface area contributed by atoms with Crippen LogP contribution in [0.1, 0.15) is 42.1 Å². The predicted molar refractivity (Wildman–Crippen MR) is 73.4 cm³/mol. The quantitative estimate of drug-likeness (QED) is 0.895. The molecule has 1 saturated heterocycles. The lowest BCUT2D eigenvalue weighted by Gasteiger charge is -2.19. The Morgan fingerprint density at radius 3 is 3.12 bits per heavy atom. The van der Waals surface area contributed by atoms with Crippen molar-refractivity contribution in [2.24, 2.45) is 0 Å². The first kappa shape index (κ1) is 12.4. The molecule has 0 bridgehead atoms. The molecule has 1 aromatic heterocycles. The molecule has 1 aliphatic rings. The van der Waals surface area contributed by atoms with E-state index < -0.39 is 0 Å². The van der Waals surface area contributed by atoms with Crippen LogP contribution >= 0.6 is 23.1 Å². The van der Waals surface area contributed by atoms with Gasteiger partial charge in [0, 0.05) is 28.8 Å². The molecular formula is C12H20N2S2. The summed E-state index contributed by atoms with van der Waals surface area (Å²) in [5.41, 5.74) is 0. The van der Waals surface area contributed by atoms with E-state index in [4.69, 9.17) is 0 Å². The van der Waals surface area contributed by atoms with Crippen LogP contribution in [0.4, 0.5) is 0 Å². The minimum atomic E-state index is 0.435. The third kappa shape index (κ3) is 3.22. The highest BCUT2D eigenvalue weighted by molar-refractivity contribution is 7.99. The van der Waals surface area contributed by atoms with Crippen molar-refractivity contribution < 1.29 is 0 Å². The van der Waals surface area contributed by atoms with E-state index in [2.05, 4.69) is 29.0 Å². The van der Waals surface area contributed by atoms with Crippen molar-refractivity contribution in [1.82, 2.24) is 10.3 Å². The average molecular weight is 256 g/mol. The number of thioether (sulfide) groups is 1. The van der Waals surface area contributed by atoms with Crippen molar-refractivity contribution in [3.05, 3.63) is 16.1 Å². The highest BCUT2D eigenvalue weighted by Gasteiger charge is 2.16. The normalized spacial score (nSPS) is 23.2. The first-order valence-corrected chi connectivity index (χ1v) is 7.89. The SMILES string of the molecule is CNC(C)c1cnc(CC2CCCCS2)s1. The summed E-state index contributed by atoms with van der Waals surface area (Å²) in [4.78, 5) is 5.90.